The van der Waals surface area contributed by atoms with Crippen LogP contribution >= 0.6 is 0 Å². The molecule has 0 atom stereocenters. The van der Waals surface area contributed by atoms with Crippen molar-refractivity contribution in [3.63, 3.8) is 0 Å². The van der Waals surface area contributed by atoms with Gasteiger partial charge in [-0.2, -0.15) is 0 Å². The Morgan fingerprint density at radius 1 is 0.435 bits per heavy atom. The zero-order valence-electron chi connectivity index (χ0n) is 18.3. The van der Waals surface area contributed by atoms with Gasteiger partial charge in [-0.1, -0.05) is 104 Å². The summed E-state index contributed by atoms with van der Waals surface area (Å²) in [6, 6.07) is 0. The van der Waals surface area contributed by atoms with Crippen molar-refractivity contribution in [2.24, 2.45) is 0 Å². The third kappa shape index (κ3) is 34.9. The van der Waals surface area contributed by atoms with Gasteiger partial charge in [-0.15, -0.1) is 0 Å². The Labute approximate surface area is 166 Å². The molecule has 0 aromatic rings. The van der Waals surface area contributed by atoms with Crippen LogP contribution in [0.5, 0.6) is 0 Å². The Bertz CT molecular complexity index is 142. The van der Waals surface area contributed by atoms with Crippen LogP contribution in [0.3, 0.4) is 0 Å². The molecule has 0 radical (unpaired) electrons. The largest absolute Gasteiger partial charge is 2.00 e. The van der Waals surface area contributed by atoms with Gasteiger partial charge >= 0.3 is 23.1 Å². The van der Waals surface area contributed by atoms with Gasteiger partial charge in [0.25, 0.3) is 0 Å². The molecule has 0 aromatic carbocycles. The van der Waals surface area contributed by atoms with Crippen LogP contribution in [0.4, 0.5) is 0 Å². The normalized spacial score (nSPS) is 9.91. The molecule has 0 bridgehead atoms. The first-order chi connectivity index (χ1) is 10.8. The monoisotopic (exact) mass is 342 g/mol. The molecule has 0 unspecified atom stereocenters. The predicted molar refractivity (Wildman–Crippen MR) is 107 cm³/mol. The molecule has 0 saturated heterocycles. The number of aliphatic hydroxyl groups excluding tert-OH is 2. The van der Waals surface area contributed by atoms with Gasteiger partial charge in [0.15, 0.2) is 0 Å². The summed E-state index contributed by atoms with van der Waals surface area (Å²) in [5, 5.41) is 17.0. The maximum absolute atomic E-state index is 8.51. The second-order valence-electron chi connectivity index (χ2n) is 6.40. The third-order valence-electron chi connectivity index (χ3n) is 4.02. The predicted octanol–water partition coefficient (Wildman–Crippen LogP) is 6.08. The second kappa shape index (κ2) is 30.6. The summed E-state index contributed by atoms with van der Waals surface area (Å²) in [6.45, 7) is 5.22. The molecule has 140 valence electrons. The summed E-state index contributed by atoms with van der Waals surface area (Å²) in [5.74, 6) is 0. The van der Waals surface area contributed by atoms with Gasteiger partial charge in [-0.05, 0) is 12.8 Å². The van der Waals surface area contributed by atoms with Crippen molar-refractivity contribution in [3.05, 3.63) is 0 Å². The van der Waals surface area contributed by atoms with E-state index in [-0.39, 0.29) is 25.9 Å². The van der Waals surface area contributed by atoms with E-state index in [9.17, 15) is 0 Å². The van der Waals surface area contributed by atoms with Crippen LogP contribution in [0, 0.1) is 0 Å². The van der Waals surface area contributed by atoms with E-state index in [1.165, 1.54) is 89.9 Å². The Hall–Kier alpha value is 0.686. The standard InChI is InChI=1S/2C10H22O.Mg.2H/c2*1-2-3-4-5-6-7-8-9-10-11;;;/h2*11H,2-10H2,1H3;;;/q;;+2;2*-1. The molecular weight excluding hydrogens is 297 g/mol. The minimum atomic E-state index is 0. The van der Waals surface area contributed by atoms with Crippen molar-refractivity contribution < 1.29 is 13.1 Å². The smallest absolute Gasteiger partial charge is 1.00 e. The summed E-state index contributed by atoms with van der Waals surface area (Å²) < 4.78 is 0. The first-order valence-corrected chi connectivity index (χ1v) is 10.0. The molecule has 23 heavy (non-hydrogen) atoms. The summed E-state index contributed by atoms with van der Waals surface area (Å²) in [6.07, 6.45) is 20.8. The molecule has 0 aliphatic rings. The van der Waals surface area contributed by atoms with Crippen molar-refractivity contribution in [1.29, 1.82) is 0 Å². The van der Waals surface area contributed by atoms with Crippen molar-refractivity contribution in [1.82, 2.24) is 0 Å². The number of aliphatic hydroxyl groups is 2. The first kappa shape index (κ1) is 28.5. The minimum Gasteiger partial charge on any atom is -1.00 e. The first-order valence-electron chi connectivity index (χ1n) is 10.0. The fourth-order valence-corrected chi connectivity index (χ4v) is 2.49. The van der Waals surface area contributed by atoms with Gasteiger partial charge in [-0.25, -0.2) is 0 Å². The maximum atomic E-state index is 8.51. The van der Waals surface area contributed by atoms with Gasteiger partial charge in [0, 0.05) is 13.2 Å². The molecule has 0 saturated carbocycles. The van der Waals surface area contributed by atoms with E-state index in [0.29, 0.717) is 13.2 Å². The second-order valence-corrected chi connectivity index (χ2v) is 6.40. The molecule has 0 aliphatic carbocycles. The van der Waals surface area contributed by atoms with Crippen LogP contribution < -0.4 is 0 Å². The molecular formula is C20H46MgO2. The quantitative estimate of drug-likeness (QED) is 0.263. The Balaban J connectivity index is -0.0000000952. The van der Waals surface area contributed by atoms with E-state index in [2.05, 4.69) is 13.8 Å². The average Bonchev–Trinajstić information content (AvgIpc) is 2.54. The summed E-state index contributed by atoms with van der Waals surface area (Å²) in [7, 11) is 0. The van der Waals surface area contributed by atoms with Crippen LogP contribution in [0.15, 0.2) is 0 Å². The molecule has 0 heterocycles. The van der Waals surface area contributed by atoms with Crippen LogP contribution in [-0.4, -0.2) is 46.5 Å². The van der Waals surface area contributed by atoms with Gasteiger partial charge in [0.2, 0.25) is 0 Å². The Morgan fingerprint density at radius 3 is 0.870 bits per heavy atom. The zero-order valence-corrected chi connectivity index (χ0v) is 17.7. The molecule has 2 nitrogen and oxygen atoms in total. The number of hydrogen-bond donors (Lipinski definition) is 2. The van der Waals surface area contributed by atoms with Gasteiger partial charge in [0.1, 0.15) is 0 Å². The van der Waals surface area contributed by atoms with Crippen LogP contribution in [0.2, 0.25) is 0 Å². The van der Waals surface area contributed by atoms with E-state index in [4.69, 9.17) is 10.2 Å². The van der Waals surface area contributed by atoms with Crippen molar-refractivity contribution in [2.45, 2.75) is 117 Å². The van der Waals surface area contributed by atoms with Crippen LogP contribution in [-0.2, 0) is 0 Å². The van der Waals surface area contributed by atoms with Crippen molar-refractivity contribution >= 4 is 23.1 Å². The van der Waals surface area contributed by atoms with E-state index in [0.717, 1.165) is 12.8 Å². The summed E-state index contributed by atoms with van der Waals surface area (Å²) >= 11 is 0. The summed E-state index contributed by atoms with van der Waals surface area (Å²) in [4.78, 5) is 0. The Kier molecular flexibility index (Phi) is 37.8. The number of rotatable bonds is 16. The third-order valence-corrected chi connectivity index (χ3v) is 4.02. The van der Waals surface area contributed by atoms with E-state index in [1.807, 2.05) is 0 Å². The number of hydrogen-bond acceptors (Lipinski definition) is 2. The maximum Gasteiger partial charge on any atom is 2.00 e. The topological polar surface area (TPSA) is 40.5 Å². The molecule has 3 heteroatoms. The fraction of sp³-hybridized carbons (Fsp3) is 1.00. The van der Waals surface area contributed by atoms with Gasteiger partial charge < -0.3 is 13.1 Å². The van der Waals surface area contributed by atoms with E-state index in [1.54, 1.807) is 0 Å². The fourth-order valence-electron chi connectivity index (χ4n) is 2.49. The molecule has 0 fully saturated rings. The minimum absolute atomic E-state index is 0. The Morgan fingerprint density at radius 2 is 0.652 bits per heavy atom. The van der Waals surface area contributed by atoms with Crippen LogP contribution in [0.25, 0.3) is 0 Å². The molecule has 0 amide bonds. The van der Waals surface area contributed by atoms with Crippen LogP contribution in [0.1, 0.15) is 119 Å². The molecule has 0 aliphatic heterocycles. The molecule has 0 aromatic heterocycles. The average molecular weight is 343 g/mol. The van der Waals surface area contributed by atoms with E-state index < -0.39 is 0 Å². The molecule has 0 spiro atoms. The molecule has 0 rings (SSSR count). The van der Waals surface area contributed by atoms with Gasteiger partial charge in [0.05, 0.1) is 0 Å². The zero-order chi connectivity index (χ0) is 16.7. The van der Waals surface area contributed by atoms with E-state index >= 15 is 0 Å². The van der Waals surface area contributed by atoms with Crippen molar-refractivity contribution in [3.8, 4) is 0 Å². The molecule has 2 N–H and O–H groups in total. The number of unbranched alkanes of at least 4 members (excludes halogenated alkanes) is 14. The summed E-state index contributed by atoms with van der Waals surface area (Å²) in [5.41, 5.74) is 0. The van der Waals surface area contributed by atoms with Crippen molar-refractivity contribution in [2.75, 3.05) is 13.2 Å². The van der Waals surface area contributed by atoms with Gasteiger partial charge in [-0.3, -0.25) is 0 Å². The SMILES string of the molecule is CCCCCCCCCCO.CCCCCCCCCCO.[H-].[H-].[Mg+2].